The molecule has 6 heteroatoms. The molecular formula is C22H21N3O2S. The first-order chi connectivity index (χ1) is 13.6. The van der Waals surface area contributed by atoms with Gasteiger partial charge in [-0.1, -0.05) is 23.8 Å². The molecule has 2 aromatic heterocycles. The minimum absolute atomic E-state index is 0.665. The molecular weight excluding hydrogens is 370 g/mol. The van der Waals surface area contributed by atoms with Gasteiger partial charge < -0.3 is 14.8 Å². The van der Waals surface area contributed by atoms with Crippen molar-refractivity contribution in [2.75, 3.05) is 19.5 Å². The van der Waals surface area contributed by atoms with Crippen molar-refractivity contribution in [3.05, 3.63) is 59.2 Å². The zero-order chi connectivity index (χ0) is 19.7. The summed E-state index contributed by atoms with van der Waals surface area (Å²) in [6.45, 7) is 4.24. The van der Waals surface area contributed by atoms with Gasteiger partial charge in [0.1, 0.15) is 17.0 Å². The van der Waals surface area contributed by atoms with Crippen LogP contribution in [0.3, 0.4) is 0 Å². The van der Waals surface area contributed by atoms with Gasteiger partial charge in [0.25, 0.3) is 0 Å². The van der Waals surface area contributed by atoms with E-state index < -0.39 is 0 Å². The molecule has 0 saturated heterocycles. The van der Waals surface area contributed by atoms with Gasteiger partial charge >= 0.3 is 0 Å². The summed E-state index contributed by atoms with van der Waals surface area (Å²) in [5.41, 5.74) is 5.69. The molecule has 0 aliphatic carbocycles. The molecule has 4 aromatic rings. The fourth-order valence-electron chi connectivity index (χ4n) is 3.33. The summed E-state index contributed by atoms with van der Waals surface area (Å²) < 4.78 is 10.7. The summed E-state index contributed by atoms with van der Waals surface area (Å²) in [6.07, 6.45) is 1.59. The second kappa shape index (κ2) is 7.48. The van der Waals surface area contributed by atoms with Crippen molar-refractivity contribution in [1.29, 1.82) is 0 Å². The summed E-state index contributed by atoms with van der Waals surface area (Å²) in [6, 6.07) is 12.2. The predicted molar refractivity (Wildman–Crippen MR) is 115 cm³/mol. The van der Waals surface area contributed by atoms with Gasteiger partial charge in [-0.3, -0.25) is 0 Å². The Balaban J connectivity index is 1.81. The van der Waals surface area contributed by atoms with Gasteiger partial charge in [-0.25, -0.2) is 9.97 Å². The van der Waals surface area contributed by atoms with Crippen LogP contribution in [0.4, 0.5) is 11.5 Å². The van der Waals surface area contributed by atoms with Gasteiger partial charge in [0.05, 0.1) is 19.6 Å². The number of methoxy groups -OCH3 is 2. The van der Waals surface area contributed by atoms with E-state index in [0.29, 0.717) is 11.5 Å². The summed E-state index contributed by atoms with van der Waals surface area (Å²) in [5.74, 6) is 2.12. The first kappa shape index (κ1) is 18.3. The van der Waals surface area contributed by atoms with E-state index in [9.17, 15) is 0 Å². The zero-order valence-corrected chi connectivity index (χ0v) is 17.1. The van der Waals surface area contributed by atoms with E-state index in [0.717, 1.165) is 27.3 Å². The summed E-state index contributed by atoms with van der Waals surface area (Å²) in [4.78, 5) is 9.93. The van der Waals surface area contributed by atoms with Crippen molar-refractivity contribution in [2.24, 2.45) is 0 Å². The molecule has 28 heavy (non-hydrogen) atoms. The summed E-state index contributed by atoms with van der Waals surface area (Å²) in [7, 11) is 3.25. The molecule has 0 radical (unpaired) electrons. The van der Waals surface area contributed by atoms with Crippen molar-refractivity contribution in [3.63, 3.8) is 0 Å². The fourth-order valence-corrected chi connectivity index (χ4v) is 4.24. The minimum atomic E-state index is 0.665. The molecule has 0 spiro atoms. The second-order valence-electron chi connectivity index (χ2n) is 6.56. The first-order valence-corrected chi connectivity index (χ1v) is 9.77. The van der Waals surface area contributed by atoms with E-state index in [1.807, 2.05) is 18.2 Å². The Morgan fingerprint density at radius 1 is 0.893 bits per heavy atom. The van der Waals surface area contributed by atoms with Crippen LogP contribution in [0.5, 0.6) is 11.5 Å². The smallest absolute Gasteiger partial charge is 0.162 e. The molecule has 4 rings (SSSR count). The Morgan fingerprint density at radius 3 is 2.46 bits per heavy atom. The number of hydrogen-bond acceptors (Lipinski definition) is 6. The Labute approximate surface area is 168 Å². The summed E-state index contributed by atoms with van der Waals surface area (Å²) >= 11 is 1.62. The first-order valence-electron chi connectivity index (χ1n) is 8.89. The largest absolute Gasteiger partial charge is 0.493 e. The molecule has 2 aromatic carbocycles. The van der Waals surface area contributed by atoms with Crippen molar-refractivity contribution >= 4 is 33.1 Å². The molecule has 5 nitrogen and oxygen atoms in total. The lowest BCUT2D eigenvalue weighted by Crippen LogP contribution is -1.97. The van der Waals surface area contributed by atoms with E-state index >= 15 is 0 Å². The molecule has 0 aliphatic heterocycles. The minimum Gasteiger partial charge on any atom is -0.493 e. The fraction of sp³-hybridized carbons (Fsp3) is 0.182. The van der Waals surface area contributed by atoms with Gasteiger partial charge in [-0.05, 0) is 37.1 Å². The molecule has 142 valence electrons. The number of rotatable bonds is 5. The quantitative estimate of drug-likeness (QED) is 0.470. The number of thiophene rings is 1. The van der Waals surface area contributed by atoms with Crippen LogP contribution in [0.15, 0.2) is 48.1 Å². The maximum Gasteiger partial charge on any atom is 0.162 e. The van der Waals surface area contributed by atoms with Crippen molar-refractivity contribution in [1.82, 2.24) is 9.97 Å². The molecule has 2 heterocycles. The van der Waals surface area contributed by atoms with Crippen molar-refractivity contribution in [3.8, 4) is 22.6 Å². The predicted octanol–water partition coefficient (Wildman–Crippen LogP) is 5.74. The number of nitrogens with one attached hydrogen (secondary N) is 1. The number of nitrogens with zero attached hydrogens (tertiary/aromatic N) is 2. The normalized spacial score (nSPS) is 10.9. The molecule has 0 saturated carbocycles. The number of aromatic nitrogens is 2. The molecule has 0 bridgehead atoms. The maximum absolute atomic E-state index is 5.41. The lowest BCUT2D eigenvalue weighted by molar-refractivity contribution is 0.355. The van der Waals surface area contributed by atoms with E-state index in [-0.39, 0.29) is 0 Å². The monoisotopic (exact) mass is 391 g/mol. The van der Waals surface area contributed by atoms with Crippen molar-refractivity contribution < 1.29 is 9.47 Å². The van der Waals surface area contributed by atoms with Crippen molar-refractivity contribution in [2.45, 2.75) is 13.8 Å². The standard InChI is InChI=1S/C22H21N3O2S/c1-13-5-7-16(14(2)9-13)17-11-28-22-20(17)21(23-12-24-22)25-15-6-8-18(26-3)19(10-15)27-4/h5-12H,1-4H3,(H,23,24,25). The maximum atomic E-state index is 5.41. The van der Waals surface area contributed by atoms with Crippen LogP contribution in [0, 0.1) is 13.8 Å². The van der Waals surface area contributed by atoms with E-state index in [1.165, 1.54) is 16.7 Å². The molecule has 0 atom stereocenters. The van der Waals surface area contributed by atoms with E-state index in [4.69, 9.17) is 9.47 Å². The van der Waals surface area contributed by atoms with Crippen LogP contribution in [0.1, 0.15) is 11.1 Å². The Kier molecular flexibility index (Phi) is 4.88. The number of aryl methyl sites for hydroxylation is 2. The third kappa shape index (κ3) is 3.27. The van der Waals surface area contributed by atoms with Gasteiger partial charge in [0.15, 0.2) is 11.5 Å². The van der Waals surface area contributed by atoms with E-state index in [1.54, 1.807) is 31.9 Å². The molecule has 0 unspecified atom stereocenters. The highest BCUT2D eigenvalue weighted by Gasteiger charge is 2.15. The topological polar surface area (TPSA) is 56.3 Å². The lowest BCUT2D eigenvalue weighted by Gasteiger charge is -2.12. The highest BCUT2D eigenvalue weighted by Crippen LogP contribution is 2.39. The molecule has 0 amide bonds. The Hall–Kier alpha value is -3.12. The number of benzene rings is 2. The van der Waals surface area contributed by atoms with Gasteiger partial charge in [0, 0.05) is 22.7 Å². The van der Waals surface area contributed by atoms with Crippen LogP contribution < -0.4 is 14.8 Å². The van der Waals surface area contributed by atoms with Crippen LogP contribution in [-0.2, 0) is 0 Å². The highest BCUT2D eigenvalue weighted by atomic mass is 32.1. The third-order valence-electron chi connectivity index (χ3n) is 4.69. The average Bonchev–Trinajstić information content (AvgIpc) is 3.13. The Bertz CT molecular complexity index is 1150. The van der Waals surface area contributed by atoms with Gasteiger partial charge in [-0.2, -0.15) is 0 Å². The van der Waals surface area contributed by atoms with Crippen LogP contribution in [0.2, 0.25) is 0 Å². The third-order valence-corrected chi connectivity index (χ3v) is 5.57. The SMILES string of the molecule is COc1ccc(Nc2ncnc3scc(-c4ccc(C)cc4C)c23)cc1OC. The average molecular weight is 391 g/mol. The lowest BCUT2D eigenvalue weighted by atomic mass is 9.99. The number of ether oxygens (including phenoxy) is 2. The number of hydrogen-bond donors (Lipinski definition) is 1. The molecule has 0 aliphatic rings. The van der Waals surface area contributed by atoms with Gasteiger partial charge in [-0.15, -0.1) is 11.3 Å². The number of anilines is 2. The number of fused-ring (bicyclic) bond motifs is 1. The zero-order valence-electron chi connectivity index (χ0n) is 16.2. The second-order valence-corrected chi connectivity index (χ2v) is 7.42. The highest BCUT2D eigenvalue weighted by molar-refractivity contribution is 7.17. The molecule has 0 fully saturated rings. The summed E-state index contributed by atoms with van der Waals surface area (Å²) in [5, 5.41) is 6.59. The van der Waals surface area contributed by atoms with Crippen LogP contribution in [0.25, 0.3) is 21.3 Å². The van der Waals surface area contributed by atoms with Gasteiger partial charge in [0.2, 0.25) is 0 Å². The van der Waals surface area contributed by atoms with Crippen LogP contribution in [-0.4, -0.2) is 24.2 Å². The van der Waals surface area contributed by atoms with Crippen LogP contribution >= 0.6 is 11.3 Å². The van der Waals surface area contributed by atoms with E-state index in [2.05, 4.69) is 52.7 Å². The molecule has 1 N–H and O–H groups in total. The Morgan fingerprint density at radius 2 is 1.71 bits per heavy atom.